The number of nitrogens with one attached hydrogen (secondary N) is 1. The van der Waals surface area contributed by atoms with E-state index >= 15 is 0 Å². The summed E-state index contributed by atoms with van der Waals surface area (Å²) < 4.78 is 0. The molecule has 84 valence electrons. The lowest BCUT2D eigenvalue weighted by Crippen LogP contribution is -2.17. The summed E-state index contributed by atoms with van der Waals surface area (Å²) in [6.07, 6.45) is 2.39. The van der Waals surface area contributed by atoms with Gasteiger partial charge in [-0.1, -0.05) is 45.0 Å². The Balaban J connectivity index is 2.36. The molecule has 0 heterocycles. The summed E-state index contributed by atoms with van der Waals surface area (Å²) >= 11 is 0. The Hall–Kier alpha value is -0.820. The summed E-state index contributed by atoms with van der Waals surface area (Å²) in [5, 5.41) is 3.51. The molecule has 1 aromatic rings. The Morgan fingerprint density at radius 1 is 1.13 bits per heavy atom. The molecule has 0 saturated heterocycles. The van der Waals surface area contributed by atoms with Crippen molar-refractivity contribution in [2.45, 2.75) is 40.2 Å². The summed E-state index contributed by atoms with van der Waals surface area (Å²) in [6, 6.07) is 8.69. The first kappa shape index (κ1) is 12.3. The Kier molecular flexibility index (Phi) is 5.41. The molecule has 0 saturated carbocycles. The van der Waals surface area contributed by atoms with Crippen LogP contribution in [0.4, 0.5) is 0 Å². The van der Waals surface area contributed by atoms with Crippen LogP contribution in [0.3, 0.4) is 0 Å². The fraction of sp³-hybridized carbons (Fsp3) is 0.571. The van der Waals surface area contributed by atoms with Gasteiger partial charge in [-0.25, -0.2) is 0 Å². The van der Waals surface area contributed by atoms with E-state index in [0.29, 0.717) is 0 Å². The maximum atomic E-state index is 3.51. The fourth-order valence-corrected chi connectivity index (χ4v) is 1.69. The molecule has 0 spiro atoms. The molecule has 0 atom stereocenters. The van der Waals surface area contributed by atoms with Crippen LogP contribution in [-0.2, 0) is 13.0 Å². The maximum absolute atomic E-state index is 3.51. The van der Waals surface area contributed by atoms with E-state index < -0.39 is 0 Å². The predicted octanol–water partition coefficient (Wildman–Crippen LogP) is 3.38. The molecule has 1 nitrogen and oxygen atoms in total. The topological polar surface area (TPSA) is 12.0 Å². The highest BCUT2D eigenvalue weighted by atomic mass is 14.8. The number of benzene rings is 1. The van der Waals surface area contributed by atoms with Crippen LogP contribution >= 0.6 is 0 Å². The lowest BCUT2D eigenvalue weighted by atomic mass is 10.1. The lowest BCUT2D eigenvalue weighted by Gasteiger charge is -2.10. The molecule has 0 fully saturated rings. The standard InChI is InChI=1S/C14H23N/c1-4-13-7-5-6-8-14(13)11-15-10-9-12(2)3/h5-8,12,15H,4,9-11H2,1-3H3. The third-order valence-electron chi connectivity index (χ3n) is 2.71. The zero-order valence-electron chi connectivity index (χ0n) is 10.2. The van der Waals surface area contributed by atoms with Gasteiger partial charge in [0.2, 0.25) is 0 Å². The van der Waals surface area contributed by atoms with E-state index in [1.807, 2.05) is 0 Å². The minimum absolute atomic E-state index is 0.791. The van der Waals surface area contributed by atoms with E-state index in [0.717, 1.165) is 25.4 Å². The van der Waals surface area contributed by atoms with Gasteiger partial charge < -0.3 is 5.32 Å². The molecule has 1 heteroatoms. The van der Waals surface area contributed by atoms with Crippen LogP contribution in [0.2, 0.25) is 0 Å². The zero-order valence-corrected chi connectivity index (χ0v) is 10.2. The lowest BCUT2D eigenvalue weighted by molar-refractivity contribution is 0.537. The summed E-state index contributed by atoms with van der Waals surface area (Å²) in [6.45, 7) is 8.88. The first-order chi connectivity index (χ1) is 7.24. The van der Waals surface area contributed by atoms with Crippen LogP contribution in [0.15, 0.2) is 24.3 Å². The maximum Gasteiger partial charge on any atom is 0.0208 e. The highest BCUT2D eigenvalue weighted by Gasteiger charge is 1.99. The van der Waals surface area contributed by atoms with Crippen molar-refractivity contribution in [3.8, 4) is 0 Å². The van der Waals surface area contributed by atoms with Gasteiger partial charge >= 0.3 is 0 Å². The van der Waals surface area contributed by atoms with Gasteiger partial charge in [-0.3, -0.25) is 0 Å². The van der Waals surface area contributed by atoms with Crippen LogP contribution in [0, 0.1) is 5.92 Å². The van der Waals surface area contributed by atoms with Crippen molar-refractivity contribution in [3.05, 3.63) is 35.4 Å². The SMILES string of the molecule is CCc1ccccc1CNCCC(C)C. The van der Waals surface area contributed by atoms with Crippen molar-refractivity contribution in [2.75, 3.05) is 6.54 Å². The van der Waals surface area contributed by atoms with Crippen molar-refractivity contribution in [1.82, 2.24) is 5.32 Å². The molecular formula is C14H23N. The highest BCUT2D eigenvalue weighted by Crippen LogP contribution is 2.09. The molecule has 0 aliphatic heterocycles. The minimum Gasteiger partial charge on any atom is -0.313 e. The quantitative estimate of drug-likeness (QED) is 0.702. The van der Waals surface area contributed by atoms with Crippen molar-refractivity contribution < 1.29 is 0 Å². The monoisotopic (exact) mass is 205 g/mol. The molecule has 0 aliphatic rings. The summed E-state index contributed by atoms with van der Waals surface area (Å²) in [5.41, 5.74) is 2.92. The average Bonchev–Trinajstić information content (AvgIpc) is 2.24. The second-order valence-corrected chi connectivity index (χ2v) is 4.48. The molecule has 0 amide bonds. The normalized spacial score (nSPS) is 10.9. The van der Waals surface area contributed by atoms with Crippen molar-refractivity contribution in [2.24, 2.45) is 5.92 Å². The van der Waals surface area contributed by atoms with E-state index in [1.165, 1.54) is 17.5 Å². The van der Waals surface area contributed by atoms with Crippen molar-refractivity contribution in [3.63, 3.8) is 0 Å². The van der Waals surface area contributed by atoms with Gasteiger partial charge in [0.1, 0.15) is 0 Å². The Morgan fingerprint density at radius 3 is 2.40 bits per heavy atom. The number of aryl methyl sites for hydroxylation is 1. The molecule has 15 heavy (non-hydrogen) atoms. The summed E-state index contributed by atoms with van der Waals surface area (Å²) in [5.74, 6) is 0.791. The van der Waals surface area contributed by atoms with E-state index in [4.69, 9.17) is 0 Å². The van der Waals surface area contributed by atoms with Gasteiger partial charge in [0.05, 0.1) is 0 Å². The van der Waals surface area contributed by atoms with Crippen molar-refractivity contribution >= 4 is 0 Å². The molecule has 0 unspecified atom stereocenters. The molecule has 0 bridgehead atoms. The smallest absolute Gasteiger partial charge is 0.0208 e. The van der Waals surface area contributed by atoms with Crippen LogP contribution in [-0.4, -0.2) is 6.54 Å². The molecule has 1 aromatic carbocycles. The third kappa shape index (κ3) is 4.48. The first-order valence-corrected chi connectivity index (χ1v) is 6.01. The largest absolute Gasteiger partial charge is 0.313 e. The second kappa shape index (κ2) is 6.62. The van der Waals surface area contributed by atoms with Gasteiger partial charge in [-0.2, -0.15) is 0 Å². The van der Waals surface area contributed by atoms with Crippen molar-refractivity contribution in [1.29, 1.82) is 0 Å². The van der Waals surface area contributed by atoms with Gasteiger partial charge in [0.15, 0.2) is 0 Å². The van der Waals surface area contributed by atoms with E-state index in [9.17, 15) is 0 Å². The van der Waals surface area contributed by atoms with Crippen LogP contribution in [0.25, 0.3) is 0 Å². The van der Waals surface area contributed by atoms with E-state index in [-0.39, 0.29) is 0 Å². The molecule has 0 aromatic heterocycles. The van der Waals surface area contributed by atoms with Gasteiger partial charge in [-0.15, -0.1) is 0 Å². The Morgan fingerprint density at radius 2 is 1.80 bits per heavy atom. The highest BCUT2D eigenvalue weighted by molar-refractivity contribution is 5.26. The molecule has 0 aliphatic carbocycles. The number of rotatable bonds is 6. The van der Waals surface area contributed by atoms with Gasteiger partial charge in [-0.05, 0) is 36.4 Å². The predicted molar refractivity (Wildman–Crippen MR) is 67.0 cm³/mol. The average molecular weight is 205 g/mol. The molecule has 1 N–H and O–H groups in total. The Labute approximate surface area is 93.9 Å². The third-order valence-corrected chi connectivity index (χ3v) is 2.71. The van der Waals surface area contributed by atoms with Gasteiger partial charge in [0, 0.05) is 6.54 Å². The molecular weight excluding hydrogens is 182 g/mol. The van der Waals surface area contributed by atoms with Crippen LogP contribution in [0.1, 0.15) is 38.3 Å². The zero-order chi connectivity index (χ0) is 11.1. The number of hydrogen-bond donors (Lipinski definition) is 1. The van der Waals surface area contributed by atoms with Crippen LogP contribution in [0.5, 0.6) is 0 Å². The number of hydrogen-bond acceptors (Lipinski definition) is 1. The van der Waals surface area contributed by atoms with E-state index in [1.54, 1.807) is 0 Å². The van der Waals surface area contributed by atoms with Gasteiger partial charge in [0.25, 0.3) is 0 Å². The fourth-order valence-electron chi connectivity index (χ4n) is 1.69. The molecule has 1 rings (SSSR count). The van der Waals surface area contributed by atoms with E-state index in [2.05, 4.69) is 50.4 Å². The second-order valence-electron chi connectivity index (χ2n) is 4.48. The molecule has 0 radical (unpaired) electrons. The van der Waals surface area contributed by atoms with Crippen LogP contribution < -0.4 is 5.32 Å². The minimum atomic E-state index is 0.791. The Bertz CT molecular complexity index is 278. The first-order valence-electron chi connectivity index (χ1n) is 6.01. The summed E-state index contributed by atoms with van der Waals surface area (Å²) in [7, 11) is 0. The summed E-state index contributed by atoms with van der Waals surface area (Å²) in [4.78, 5) is 0.